The molecule has 1 aromatic carbocycles. The zero-order valence-electron chi connectivity index (χ0n) is 9.69. The van der Waals surface area contributed by atoms with Crippen LogP contribution in [0.5, 0.6) is 5.75 Å². The van der Waals surface area contributed by atoms with Crippen molar-refractivity contribution in [1.82, 2.24) is 0 Å². The summed E-state index contributed by atoms with van der Waals surface area (Å²) in [6, 6.07) is 0. The minimum absolute atomic E-state index is 0. The van der Waals surface area contributed by atoms with Crippen LogP contribution in [0.15, 0.2) is 0 Å². The molecular weight excluding hydrogens is 344 g/mol. The molecule has 0 aliphatic heterocycles. The molecule has 0 amide bonds. The number of hydrogen-bond acceptors (Lipinski definition) is 2. The van der Waals surface area contributed by atoms with E-state index in [1.807, 2.05) is 0 Å². The van der Waals surface area contributed by atoms with Gasteiger partial charge in [-0.1, -0.05) is 58.0 Å². The largest absolute Gasteiger partial charge is 1.00 e. The van der Waals surface area contributed by atoms with E-state index < -0.39 is 5.97 Å². The van der Waals surface area contributed by atoms with Crippen LogP contribution in [0, 0.1) is 0 Å². The minimum Gasteiger partial charge on any atom is -1.00 e. The van der Waals surface area contributed by atoms with Gasteiger partial charge in [0.25, 0.3) is 5.97 Å². The van der Waals surface area contributed by atoms with Crippen LogP contribution in [-0.2, 0) is 4.79 Å². The monoisotopic (exact) mass is 348 g/mol. The normalized spacial score (nSPS) is 8.82. The maximum atomic E-state index is 9.20. The smallest absolute Gasteiger partial charge is 1.00 e. The van der Waals surface area contributed by atoms with Crippen LogP contribution in [0.3, 0.4) is 0 Å². The molecule has 0 aromatic heterocycles. The summed E-state index contributed by atoms with van der Waals surface area (Å²) < 4.78 is 0. The summed E-state index contributed by atoms with van der Waals surface area (Å²) in [5.41, 5.74) is 0. The number of benzene rings is 1. The maximum absolute atomic E-state index is 9.20. The fourth-order valence-corrected chi connectivity index (χ4v) is 1.72. The van der Waals surface area contributed by atoms with Gasteiger partial charge >= 0.3 is 29.6 Å². The molecule has 0 aliphatic carbocycles. The molecule has 0 aliphatic rings. The van der Waals surface area contributed by atoms with Crippen molar-refractivity contribution in [3.63, 3.8) is 0 Å². The molecule has 3 nitrogen and oxygen atoms in total. The Morgan fingerprint density at radius 3 is 1.35 bits per heavy atom. The average molecular weight is 350 g/mol. The van der Waals surface area contributed by atoms with Gasteiger partial charge in [0.05, 0.1) is 15.1 Å². The van der Waals surface area contributed by atoms with Gasteiger partial charge in [0, 0.05) is 6.92 Å². The Morgan fingerprint density at radius 2 is 1.12 bits per heavy atom. The van der Waals surface area contributed by atoms with E-state index in [9.17, 15) is 5.11 Å². The fraction of sp³-hybridized carbons (Fsp3) is 0.125. The molecular formula is C8H6Cl5NaO3. The van der Waals surface area contributed by atoms with Gasteiger partial charge < -0.3 is 11.6 Å². The van der Waals surface area contributed by atoms with E-state index in [1.54, 1.807) is 0 Å². The summed E-state index contributed by atoms with van der Waals surface area (Å²) in [5.74, 6) is -1.20. The summed E-state index contributed by atoms with van der Waals surface area (Å²) in [5, 5.41) is 16.4. The van der Waals surface area contributed by atoms with Gasteiger partial charge in [-0.25, -0.2) is 0 Å². The molecule has 1 rings (SSSR count). The second-order valence-electron chi connectivity index (χ2n) is 2.44. The van der Waals surface area contributed by atoms with Gasteiger partial charge in [-0.3, -0.25) is 4.79 Å². The van der Waals surface area contributed by atoms with E-state index in [4.69, 9.17) is 67.9 Å². The van der Waals surface area contributed by atoms with Gasteiger partial charge in [0.1, 0.15) is 10.0 Å². The molecule has 0 heterocycles. The van der Waals surface area contributed by atoms with Crippen molar-refractivity contribution in [2.45, 2.75) is 6.92 Å². The Balaban J connectivity index is -0.000000332. The topological polar surface area (TPSA) is 57.5 Å². The third-order valence-electron chi connectivity index (χ3n) is 1.19. The van der Waals surface area contributed by atoms with Crippen LogP contribution < -0.4 is 29.6 Å². The molecule has 0 spiro atoms. The van der Waals surface area contributed by atoms with Gasteiger partial charge in [0.2, 0.25) is 0 Å². The number of aromatic hydroxyl groups is 1. The quantitative estimate of drug-likeness (QED) is 0.427. The van der Waals surface area contributed by atoms with Gasteiger partial charge in [0.15, 0.2) is 5.75 Å². The second kappa shape index (κ2) is 8.94. The van der Waals surface area contributed by atoms with Crippen LogP contribution >= 0.6 is 58.0 Å². The molecule has 1 aromatic rings. The first-order chi connectivity index (χ1) is 7.20. The predicted octanol–water partition coefficient (Wildman–Crippen LogP) is 1.87. The number of phenolic OH excluding ortho intramolecular Hbond substituents is 1. The van der Waals surface area contributed by atoms with E-state index in [2.05, 4.69) is 0 Å². The van der Waals surface area contributed by atoms with Crippen molar-refractivity contribution in [3.05, 3.63) is 25.1 Å². The predicted molar refractivity (Wildman–Crippen MR) is 67.6 cm³/mol. The number of hydrogen-bond donors (Lipinski definition) is 2. The Labute approximate surface area is 146 Å². The SMILES string of the molecule is CC(=O)O.Oc1c(Cl)c(Cl)c(Cl)c(Cl)c1Cl.[H-].[Na+]. The summed E-state index contributed by atoms with van der Waals surface area (Å²) in [7, 11) is 0. The molecule has 0 atom stereocenters. The maximum Gasteiger partial charge on any atom is 1.00 e. The first-order valence-electron chi connectivity index (χ1n) is 3.60. The van der Waals surface area contributed by atoms with Crippen molar-refractivity contribution >= 4 is 64.0 Å². The van der Waals surface area contributed by atoms with Crippen molar-refractivity contribution in [2.24, 2.45) is 0 Å². The van der Waals surface area contributed by atoms with Crippen LogP contribution in [0.4, 0.5) is 0 Å². The number of carboxylic acid groups (broad SMARTS) is 1. The molecule has 9 heteroatoms. The van der Waals surface area contributed by atoms with E-state index in [-0.39, 0.29) is 61.8 Å². The minimum atomic E-state index is -0.833. The average Bonchev–Trinajstić information content (AvgIpc) is 2.20. The molecule has 0 saturated carbocycles. The Kier molecular flexibility index (Phi) is 10.7. The standard InChI is InChI=1S/C6HCl5O.C2H4O2.Na.H/c7-1-2(8)4(10)6(12)5(11)3(1)9;1-2(3)4;;/h12H;1H3,(H,3,4);;/q;;+1;-1. The molecule has 0 saturated heterocycles. The van der Waals surface area contributed by atoms with Gasteiger partial charge in [-0.05, 0) is 0 Å². The molecule has 92 valence electrons. The van der Waals surface area contributed by atoms with Crippen LogP contribution in [0.2, 0.25) is 25.1 Å². The number of phenols is 1. The van der Waals surface area contributed by atoms with Gasteiger partial charge in [-0.15, -0.1) is 0 Å². The van der Waals surface area contributed by atoms with Crippen LogP contribution in [-0.4, -0.2) is 16.2 Å². The molecule has 0 unspecified atom stereocenters. The first kappa shape index (κ1) is 20.3. The summed E-state index contributed by atoms with van der Waals surface area (Å²) in [4.78, 5) is 9.00. The molecule has 0 radical (unpaired) electrons. The Hall–Kier alpha value is 0.940. The molecule has 0 fully saturated rings. The first-order valence-corrected chi connectivity index (χ1v) is 5.49. The molecule has 2 N–H and O–H groups in total. The fourth-order valence-electron chi connectivity index (χ4n) is 0.593. The van der Waals surface area contributed by atoms with Crippen molar-refractivity contribution < 1.29 is 46.0 Å². The van der Waals surface area contributed by atoms with Crippen LogP contribution in [0.1, 0.15) is 8.35 Å². The van der Waals surface area contributed by atoms with E-state index in [1.165, 1.54) is 0 Å². The number of halogens is 5. The Morgan fingerprint density at radius 1 is 0.941 bits per heavy atom. The summed E-state index contributed by atoms with van der Waals surface area (Å²) in [6.07, 6.45) is 0. The number of rotatable bonds is 0. The third kappa shape index (κ3) is 6.08. The summed E-state index contributed by atoms with van der Waals surface area (Å²) >= 11 is 27.9. The molecule has 0 bridgehead atoms. The zero-order chi connectivity index (χ0) is 13.0. The summed E-state index contributed by atoms with van der Waals surface area (Å²) in [6.45, 7) is 1.08. The number of carbonyl (C=O) groups is 1. The zero-order valence-corrected chi connectivity index (χ0v) is 14.5. The second-order valence-corrected chi connectivity index (χ2v) is 4.33. The van der Waals surface area contributed by atoms with Crippen molar-refractivity contribution in [2.75, 3.05) is 0 Å². The van der Waals surface area contributed by atoms with Crippen molar-refractivity contribution in [3.8, 4) is 5.75 Å². The Bertz CT molecular complexity index is 321. The van der Waals surface area contributed by atoms with Crippen molar-refractivity contribution in [1.29, 1.82) is 0 Å². The van der Waals surface area contributed by atoms with E-state index in [0.717, 1.165) is 6.92 Å². The van der Waals surface area contributed by atoms with Crippen LogP contribution in [0.25, 0.3) is 0 Å². The van der Waals surface area contributed by atoms with E-state index >= 15 is 0 Å². The van der Waals surface area contributed by atoms with Gasteiger partial charge in [-0.2, -0.15) is 0 Å². The van der Waals surface area contributed by atoms with E-state index in [0.29, 0.717) is 0 Å². The third-order valence-corrected chi connectivity index (χ3v) is 3.44. The molecule has 17 heavy (non-hydrogen) atoms. The number of carboxylic acids is 1. The number of aliphatic carboxylic acids is 1.